The van der Waals surface area contributed by atoms with Crippen molar-refractivity contribution in [1.82, 2.24) is 9.55 Å². The van der Waals surface area contributed by atoms with Crippen molar-refractivity contribution in [2.75, 3.05) is 0 Å². The lowest BCUT2D eigenvalue weighted by Gasteiger charge is -2.28. The van der Waals surface area contributed by atoms with E-state index in [4.69, 9.17) is 9.72 Å². The van der Waals surface area contributed by atoms with E-state index in [1.807, 2.05) is 0 Å². The molecule has 2 aromatic carbocycles. The largest absolute Gasteiger partial charge is 0.462 e. The minimum atomic E-state index is -0.684. The molecule has 3 aromatic rings. The quantitative estimate of drug-likeness (QED) is 0.521. The molecule has 2 heterocycles. The minimum absolute atomic E-state index is 0.0322. The molecule has 1 aromatic heterocycles. The molecular weight excluding hydrogens is 426 g/mol. The number of aromatic nitrogens is 2. The number of aliphatic hydroxyl groups is 1. The molecule has 172 valence electrons. The predicted octanol–water partition coefficient (Wildman–Crippen LogP) is 5.22. The zero-order chi connectivity index (χ0) is 22.9. The van der Waals surface area contributed by atoms with Crippen LogP contribution in [0, 0.1) is 11.6 Å². The van der Waals surface area contributed by atoms with Crippen molar-refractivity contribution in [1.29, 1.82) is 0 Å². The Labute approximate surface area is 191 Å². The first-order valence-electron chi connectivity index (χ1n) is 11.5. The van der Waals surface area contributed by atoms with E-state index >= 15 is 0 Å². The van der Waals surface area contributed by atoms with E-state index in [1.165, 1.54) is 24.3 Å². The van der Waals surface area contributed by atoms with Crippen LogP contribution in [0.2, 0.25) is 0 Å². The van der Waals surface area contributed by atoms with Crippen LogP contribution in [-0.2, 0) is 16.1 Å². The second kappa shape index (κ2) is 9.06. The number of imidazole rings is 1. The number of carbonyl (C=O) groups excluding carboxylic acids is 1. The summed E-state index contributed by atoms with van der Waals surface area (Å²) in [6.45, 7) is 0.539. The zero-order valence-electron chi connectivity index (χ0n) is 18.2. The maximum atomic E-state index is 13.7. The Morgan fingerprint density at radius 3 is 2.21 bits per heavy atom. The highest BCUT2D eigenvalue weighted by Crippen LogP contribution is 2.41. The first kappa shape index (κ1) is 21.8. The number of hydrogen-bond acceptors (Lipinski definition) is 4. The van der Waals surface area contributed by atoms with Crippen LogP contribution in [0.3, 0.4) is 0 Å². The number of carbonyl (C=O) groups is 1. The number of ether oxygens (including phenoxy) is 1. The summed E-state index contributed by atoms with van der Waals surface area (Å²) in [7, 11) is 0. The summed E-state index contributed by atoms with van der Waals surface area (Å²) in [4.78, 5) is 16.8. The van der Waals surface area contributed by atoms with E-state index in [-0.39, 0.29) is 30.1 Å². The number of hydrogen-bond donors (Lipinski definition) is 1. The third-order valence-electron chi connectivity index (χ3n) is 6.61. The summed E-state index contributed by atoms with van der Waals surface area (Å²) < 4.78 is 34.9. The van der Waals surface area contributed by atoms with Gasteiger partial charge in [0.15, 0.2) is 0 Å². The van der Waals surface area contributed by atoms with Crippen LogP contribution in [-0.4, -0.2) is 32.8 Å². The van der Waals surface area contributed by atoms with Crippen LogP contribution >= 0.6 is 0 Å². The zero-order valence-corrected chi connectivity index (χ0v) is 18.2. The van der Waals surface area contributed by atoms with E-state index in [1.54, 1.807) is 24.3 Å². The first-order chi connectivity index (χ1) is 16.0. The van der Waals surface area contributed by atoms with Gasteiger partial charge in [-0.25, -0.2) is 13.8 Å². The van der Waals surface area contributed by atoms with Crippen molar-refractivity contribution in [3.8, 4) is 22.5 Å². The molecule has 1 aliphatic carbocycles. The molecule has 5 rings (SSSR count). The molecule has 2 aliphatic rings. The SMILES string of the molecule is O=C1C[C@H](O)C[C@@H](CCn2c(C3CCC3)nc(-c3ccc(F)cc3)c2-c2ccc(F)cc2)O1. The monoisotopic (exact) mass is 452 g/mol. The second-order valence-electron chi connectivity index (χ2n) is 8.95. The molecule has 5 nitrogen and oxygen atoms in total. The summed E-state index contributed by atoms with van der Waals surface area (Å²) in [6, 6.07) is 12.5. The van der Waals surface area contributed by atoms with Gasteiger partial charge in [-0.15, -0.1) is 0 Å². The van der Waals surface area contributed by atoms with Gasteiger partial charge in [0.25, 0.3) is 0 Å². The molecule has 7 heteroatoms. The summed E-state index contributed by atoms with van der Waals surface area (Å²) in [5.74, 6) is 0.240. The third kappa shape index (κ3) is 4.55. The van der Waals surface area contributed by atoms with Crippen LogP contribution in [0.1, 0.15) is 50.3 Å². The van der Waals surface area contributed by atoms with Crippen molar-refractivity contribution in [3.63, 3.8) is 0 Å². The molecule has 2 atom stereocenters. The molecule has 0 spiro atoms. The average molecular weight is 453 g/mol. The van der Waals surface area contributed by atoms with Gasteiger partial charge in [-0.3, -0.25) is 4.79 Å². The number of esters is 1. The maximum Gasteiger partial charge on any atom is 0.308 e. The highest BCUT2D eigenvalue weighted by atomic mass is 19.1. The molecule has 0 radical (unpaired) electrons. The van der Waals surface area contributed by atoms with Crippen molar-refractivity contribution < 1.29 is 23.4 Å². The summed E-state index contributed by atoms with van der Waals surface area (Å²) in [6.07, 6.45) is 3.15. The van der Waals surface area contributed by atoms with Crippen LogP contribution in [0.15, 0.2) is 48.5 Å². The number of nitrogens with zero attached hydrogens (tertiary/aromatic N) is 2. The summed E-state index contributed by atoms with van der Waals surface area (Å²) >= 11 is 0. The molecule has 1 N–H and O–H groups in total. The highest BCUT2D eigenvalue weighted by Gasteiger charge is 2.31. The topological polar surface area (TPSA) is 64.3 Å². The van der Waals surface area contributed by atoms with Gasteiger partial charge in [0.05, 0.1) is 23.9 Å². The second-order valence-corrected chi connectivity index (χ2v) is 8.95. The van der Waals surface area contributed by atoms with E-state index in [2.05, 4.69) is 4.57 Å². The average Bonchev–Trinajstić information content (AvgIpc) is 3.10. The Morgan fingerprint density at radius 1 is 1.00 bits per heavy atom. The van der Waals surface area contributed by atoms with E-state index < -0.39 is 6.10 Å². The number of rotatable bonds is 6. The van der Waals surface area contributed by atoms with Crippen molar-refractivity contribution in [2.24, 2.45) is 0 Å². The number of halogens is 2. The van der Waals surface area contributed by atoms with Gasteiger partial charge in [0.2, 0.25) is 0 Å². The maximum absolute atomic E-state index is 13.7. The third-order valence-corrected chi connectivity index (χ3v) is 6.61. The van der Waals surface area contributed by atoms with Crippen LogP contribution in [0.4, 0.5) is 8.78 Å². The standard InChI is InChI=1S/C26H26F2N2O3/c27-19-8-4-16(5-9-19)24-25(17-6-10-20(28)11-7-17)30(26(29-24)18-2-1-3-18)13-12-22-14-21(31)15-23(32)33-22/h4-11,18,21-22,31H,1-3,12-15H2/t21-,22-/m1/s1. The Hall–Kier alpha value is -3.06. The van der Waals surface area contributed by atoms with E-state index in [9.17, 15) is 18.7 Å². The molecule has 1 aliphatic heterocycles. The lowest BCUT2D eigenvalue weighted by atomic mass is 9.84. The smallest absolute Gasteiger partial charge is 0.308 e. The van der Waals surface area contributed by atoms with Gasteiger partial charge < -0.3 is 14.4 Å². The molecule has 1 saturated heterocycles. The minimum Gasteiger partial charge on any atom is -0.462 e. The fourth-order valence-electron chi connectivity index (χ4n) is 4.70. The molecule has 1 saturated carbocycles. The van der Waals surface area contributed by atoms with Gasteiger partial charge in [0, 0.05) is 36.4 Å². The van der Waals surface area contributed by atoms with Gasteiger partial charge in [-0.2, -0.15) is 0 Å². The van der Waals surface area contributed by atoms with E-state index in [0.29, 0.717) is 25.3 Å². The molecule has 0 amide bonds. The number of cyclic esters (lactones) is 1. The summed E-state index contributed by atoms with van der Waals surface area (Å²) in [5, 5.41) is 9.98. The fourth-order valence-corrected chi connectivity index (χ4v) is 4.70. The molecule has 33 heavy (non-hydrogen) atoms. The fraction of sp³-hybridized carbons (Fsp3) is 0.385. The number of benzene rings is 2. The van der Waals surface area contributed by atoms with Gasteiger partial charge in [0.1, 0.15) is 23.6 Å². The molecule has 2 fully saturated rings. The van der Waals surface area contributed by atoms with Gasteiger partial charge in [-0.1, -0.05) is 6.42 Å². The summed E-state index contributed by atoms with van der Waals surface area (Å²) in [5.41, 5.74) is 3.17. The van der Waals surface area contributed by atoms with Crippen molar-refractivity contribution >= 4 is 5.97 Å². The first-order valence-corrected chi connectivity index (χ1v) is 11.5. The van der Waals surface area contributed by atoms with Crippen molar-refractivity contribution in [2.45, 2.75) is 63.2 Å². The van der Waals surface area contributed by atoms with Crippen LogP contribution in [0.5, 0.6) is 0 Å². The Bertz CT molecular complexity index is 1140. The predicted molar refractivity (Wildman–Crippen MR) is 119 cm³/mol. The van der Waals surface area contributed by atoms with E-state index in [0.717, 1.165) is 47.6 Å². The normalized spacial score (nSPS) is 21.0. The molecule has 0 unspecified atom stereocenters. The van der Waals surface area contributed by atoms with Crippen molar-refractivity contribution in [3.05, 3.63) is 66.0 Å². The van der Waals surface area contributed by atoms with Crippen LogP contribution < -0.4 is 0 Å². The Balaban J connectivity index is 1.58. The van der Waals surface area contributed by atoms with Gasteiger partial charge >= 0.3 is 5.97 Å². The highest BCUT2D eigenvalue weighted by molar-refractivity contribution is 5.79. The molecular formula is C26H26F2N2O3. The number of aliphatic hydroxyl groups excluding tert-OH is 1. The Kier molecular flexibility index (Phi) is 5.98. The van der Waals surface area contributed by atoms with Gasteiger partial charge in [-0.05, 0) is 61.4 Å². The lowest BCUT2D eigenvalue weighted by Crippen LogP contribution is -2.33. The lowest BCUT2D eigenvalue weighted by molar-refractivity contribution is -0.160. The van der Waals surface area contributed by atoms with Crippen LogP contribution in [0.25, 0.3) is 22.5 Å². The molecule has 0 bridgehead atoms. The Morgan fingerprint density at radius 2 is 1.64 bits per heavy atom.